The van der Waals surface area contributed by atoms with Crippen LogP contribution in [0.25, 0.3) is 6.08 Å². The zero-order valence-corrected chi connectivity index (χ0v) is 20.2. The summed E-state index contributed by atoms with van der Waals surface area (Å²) in [4.78, 5) is 17.4. The summed E-state index contributed by atoms with van der Waals surface area (Å²) in [6, 6.07) is 12.1. The Kier molecular flexibility index (Phi) is 8.90. The molecule has 3 aromatic rings. The molecule has 0 fully saturated rings. The zero-order chi connectivity index (χ0) is 25.4. The van der Waals surface area contributed by atoms with Gasteiger partial charge in [-0.25, -0.2) is 4.98 Å². The van der Waals surface area contributed by atoms with E-state index in [1.54, 1.807) is 24.3 Å². The molecular weight excluding hydrogens is 499 g/mol. The van der Waals surface area contributed by atoms with Crippen molar-refractivity contribution in [2.75, 3.05) is 11.9 Å². The van der Waals surface area contributed by atoms with Gasteiger partial charge in [0.25, 0.3) is 5.91 Å². The third-order valence-electron chi connectivity index (χ3n) is 4.85. The van der Waals surface area contributed by atoms with Gasteiger partial charge in [-0.05, 0) is 42.3 Å². The van der Waals surface area contributed by atoms with E-state index in [1.165, 1.54) is 18.3 Å². The number of nitrogens with zero attached hydrogens (tertiary/aromatic N) is 2. The minimum absolute atomic E-state index is 0.111. The fraction of sp³-hybridized carbons (Fsp3) is 0.240. The van der Waals surface area contributed by atoms with Crippen LogP contribution in [0.3, 0.4) is 0 Å². The number of thiazole rings is 1. The molecule has 3 rings (SSSR count). The number of hydrogen-bond donors (Lipinski definition) is 1. The maximum atomic E-state index is 13.0. The molecule has 5 nitrogen and oxygen atoms in total. The van der Waals surface area contributed by atoms with Crippen molar-refractivity contribution in [2.45, 2.75) is 32.4 Å². The van der Waals surface area contributed by atoms with Gasteiger partial charge in [0.1, 0.15) is 17.4 Å². The number of unbranched alkanes of at least 4 members (excludes halogenated alkanes) is 1. The Labute approximate surface area is 209 Å². The van der Waals surface area contributed by atoms with Gasteiger partial charge in [-0.1, -0.05) is 43.1 Å². The van der Waals surface area contributed by atoms with E-state index in [0.29, 0.717) is 28.4 Å². The van der Waals surface area contributed by atoms with E-state index >= 15 is 0 Å². The van der Waals surface area contributed by atoms with E-state index in [9.17, 15) is 23.2 Å². The highest BCUT2D eigenvalue weighted by atomic mass is 35.5. The largest absolute Gasteiger partial charge is 0.493 e. The Morgan fingerprint density at radius 1 is 1.29 bits per heavy atom. The predicted octanol–water partition coefficient (Wildman–Crippen LogP) is 7.13. The first-order valence-electron chi connectivity index (χ1n) is 10.7. The summed E-state index contributed by atoms with van der Waals surface area (Å²) >= 11 is 7.16. The molecule has 0 aliphatic carbocycles. The van der Waals surface area contributed by atoms with Crippen molar-refractivity contribution in [3.05, 3.63) is 80.8 Å². The lowest BCUT2D eigenvalue weighted by Gasteiger charge is -2.09. The molecular formula is C25H21ClF3N3O2S. The van der Waals surface area contributed by atoms with Crippen molar-refractivity contribution in [1.29, 1.82) is 5.26 Å². The normalized spacial score (nSPS) is 11.7. The molecule has 182 valence electrons. The maximum Gasteiger partial charge on any atom is 0.416 e. The van der Waals surface area contributed by atoms with Crippen molar-refractivity contribution in [3.63, 3.8) is 0 Å². The van der Waals surface area contributed by atoms with Crippen molar-refractivity contribution < 1.29 is 22.7 Å². The lowest BCUT2D eigenvalue weighted by Crippen LogP contribution is -2.13. The van der Waals surface area contributed by atoms with Gasteiger partial charge in [0.05, 0.1) is 12.2 Å². The SMILES string of the molecule is CCCCOc1ccccc1C=C(C#N)C(=O)Nc1ncc(Cc2cc(C(F)(F)F)ccc2Cl)s1. The van der Waals surface area contributed by atoms with E-state index < -0.39 is 17.6 Å². The second kappa shape index (κ2) is 11.9. The Bertz CT molecular complexity index is 1270. The molecule has 1 amide bonds. The van der Waals surface area contributed by atoms with Gasteiger partial charge in [0, 0.05) is 28.1 Å². The average molecular weight is 520 g/mol. The predicted molar refractivity (Wildman–Crippen MR) is 130 cm³/mol. The van der Waals surface area contributed by atoms with Crippen molar-refractivity contribution >= 4 is 40.1 Å². The average Bonchev–Trinajstić information content (AvgIpc) is 3.25. The second-order valence-electron chi connectivity index (χ2n) is 7.48. The third-order valence-corrected chi connectivity index (χ3v) is 6.13. The smallest absolute Gasteiger partial charge is 0.416 e. The van der Waals surface area contributed by atoms with Crippen LogP contribution >= 0.6 is 22.9 Å². The summed E-state index contributed by atoms with van der Waals surface area (Å²) in [5, 5.41) is 12.5. The molecule has 0 saturated heterocycles. The number of carbonyl (C=O) groups is 1. The first-order valence-corrected chi connectivity index (χ1v) is 11.9. The number of rotatable bonds is 9. The molecule has 0 atom stereocenters. The lowest BCUT2D eigenvalue weighted by molar-refractivity contribution is -0.137. The standard InChI is InChI=1S/C25H21ClF3N3O2S/c1-2-3-10-34-22-7-5-4-6-16(22)11-18(14-30)23(33)32-24-31-15-20(35-24)13-17-12-19(25(27,28)29)8-9-21(17)26/h4-9,11-12,15H,2-3,10,13H2,1H3,(H,31,32,33). The molecule has 1 aromatic heterocycles. The van der Waals surface area contributed by atoms with Crippen LogP contribution in [0.2, 0.25) is 5.02 Å². The molecule has 0 saturated carbocycles. The van der Waals surface area contributed by atoms with Gasteiger partial charge in [-0.2, -0.15) is 18.4 Å². The van der Waals surface area contributed by atoms with Gasteiger partial charge in [0.15, 0.2) is 5.13 Å². The molecule has 0 unspecified atom stereocenters. The van der Waals surface area contributed by atoms with Gasteiger partial charge in [-0.15, -0.1) is 11.3 Å². The highest BCUT2D eigenvalue weighted by Crippen LogP contribution is 2.33. The number of nitrogens with one attached hydrogen (secondary N) is 1. The van der Waals surface area contributed by atoms with Gasteiger partial charge >= 0.3 is 6.18 Å². The Morgan fingerprint density at radius 2 is 2.06 bits per heavy atom. The minimum atomic E-state index is -4.48. The fourth-order valence-corrected chi connectivity index (χ4v) is 4.06. The first-order chi connectivity index (χ1) is 16.7. The summed E-state index contributed by atoms with van der Waals surface area (Å²) in [5.74, 6) is -0.0927. The number of amides is 1. The molecule has 35 heavy (non-hydrogen) atoms. The topological polar surface area (TPSA) is 75.0 Å². The summed E-state index contributed by atoms with van der Waals surface area (Å²) in [5.41, 5.74) is -0.0541. The van der Waals surface area contributed by atoms with Crippen LogP contribution in [0.5, 0.6) is 5.75 Å². The first kappa shape index (κ1) is 26.3. The summed E-state index contributed by atoms with van der Waals surface area (Å²) in [6.45, 7) is 2.57. The van der Waals surface area contributed by atoms with Crippen LogP contribution in [-0.4, -0.2) is 17.5 Å². The molecule has 1 heterocycles. The van der Waals surface area contributed by atoms with Crippen LogP contribution in [0.4, 0.5) is 18.3 Å². The molecule has 0 spiro atoms. The van der Waals surface area contributed by atoms with Crippen molar-refractivity contribution in [1.82, 2.24) is 4.98 Å². The Hall–Kier alpha value is -3.35. The number of halogens is 4. The number of para-hydroxylation sites is 1. The van der Waals surface area contributed by atoms with E-state index in [0.717, 1.165) is 36.3 Å². The van der Waals surface area contributed by atoms with Crippen LogP contribution in [0.15, 0.2) is 54.2 Å². The highest BCUT2D eigenvalue weighted by Gasteiger charge is 2.31. The van der Waals surface area contributed by atoms with Gasteiger partial charge in [0.2, 0.25) is 0 Å². The molecule has 0 aliphatic rings. The number of ether oxygens (including phenoxy) is 1. The number of carbonyl (C=O) groups excluding carboxylic acids is 1. The molecule has 1 N–H and O–H groups in total. The van der Waals surface area contributed by atoms with Crippen LogP contribution < -0.4 is 10.1 Å². The minimum Gasteiger partial charge on any atom is -0.493 e. The number of aromatic nitrogens is 1. The van der Waals surface area contributed by atoms with Crippen LogP contribution in [-0.2, 0) is 17.4 Å². The number of alkyl halides is 3. The second-order valence-corrected chi connectivity index (χ2v) is 9.00. The Balaban J connectivity index is 1.73. The van der Waals surface area contributed by atoms with Crippen LogP contribution in [0.1, 0.15) is 41.3 Å². The lowest BCUT2D eigenvalue weighted by atomic mass is 10.1. The summed E-state index contributed by atoms with van der Waals surface area (Å²) in [7, 11) is 0. The van der Waals surface area contributed by atoms with E-state index in [2.05, 4.69) is 10.3 Å². The summed E-state index contributed by atoms with van der Waals surface area (Å²) in [6.07, 6.45) is 0.365. The van der Waals surface area contributed by atoms with Crippen molar-refractivity contribution in [3.8, 4) is 11.8 Å². The molecule has 0 radical (unpaired) electrons. The van der Waals surface area contributed by atoms with Gasteiger partial charge < -0.3 is 4.74 Å². The molecule has 10 heteroatoms. The van der Waals surface area contributed by atoms with E-state index in [-0.39, 0.29) is 22.1 Å². The zero-order valence-electron chi connectivity index (χ0n) is 18.7. The molecule has 2 aromatic carbocycles. The monoisotopic (exact) mass is 519 g/mol. The molecule has 0 bridgehead atoms. The fourth-order valence-electron chi connectivity index (χ4n) is 3.05. The van der Waals surface area contributed by atoms with E-state index in [4.69, 9.17) is 16.3 Å². The number of nitriles is 1. The quantitative estimate of drug-likeness (QED) is 0.185. The summed E-state index contributed by atoms with van der Waals surface area (Å²) < 4.78 is 44.8. The van der Waals surface area contributed by atoms with Crippen LogP contribution in [0, 0.1) is 11.3 Å². The van der Waals surface area contributed by atoms with Gasteiger partial charge in [-0.3, -0.25) is 10.1 Å². The highest BCUT2D eigenvalue weighted by molar-refractivity contribution is 7.15. The number of benzene rings is 2. The van der Waals surface area contributed by atoms with E-state index in [1.807, 2.05) is 13.0 Å². The number of hydrogen-bond acceptors (Lipinski definition) is 5. The molecule has 0 aliphatic heterocycles. The third kappa shape index (κ3) is 7.31. The Morgan fingerprint density at radius 3 is 2.77 bits per heavy atom. The maximum absolute atomic E-state index is 13.0. The van der Waals surface area contributed by atoms with Crippen molar-refractivity contribution in [2.24, 2.45) is 0 Å². The number of anilines is 1.